The van der Waals surface area contributed by atoms with E-state index in [1.807, 2.05) is 0 Å². The molecular formula is C12H16N4O2S. The molecule has 3 rings (SSSR count). The fourth-order valence-electron chi connectivity index (χ4n) is 2.35. The Morgan fingerprint density at radius 2 is 2.37 bits per heavy atom. The standard InChI is InChI=1S/C12H16N4O2S/c17-19(18,16-7-9-3-5-13-6-9)11-8-15-12-10(11)2-1-4-14-12/h1-2,4,8-9,13,16H,3,5-7H2,(H,14,15). The molecule has 6 nitrogen and oxygen atoms in total. The molecule has 1 fully saturated rings. The third-order valence-corrected chi connectivity index (χ3v) is 4.89. The molecule has 19 heavy (non-hydrogen) atoms. The fraction of sp³-hybridized carbons (Fsp3) is 0.417. The maximum atomic E-state index is 12.3. The van der Waals surface area contributed by atoms with Gasteiger partial charge in [-0.15, -0.1) is 0 Å². The molecule has 2 aromatic heterocycles. The predicted molar refractivity (Wildman–Crippen MR) is 72.3 cm³/mol. The average Bonchev–Trinajstić information content (AvgIpc) is 3.06. The van der Waals surface area contributed by atoms with E-state index in [1.165, 1.54) is 6.20 Å². The lowest BCUT2D eigenvalue weighted by atomic mass is 10.1. The Kier molecular flexibility index (Phi) is 3.26. The zero-order chi connectivity index (χ0) is 13.3. The molecule has 0 aromatic carbocycles. The number of hydrogen-bond donors (Lipinski definition) is 3. The Labute approximate surface area is 111 Å². The van der Waals surface area contributed by atoms with Crippen LogP contribution in [-0.2, 0) is 10.0 Å². The van der Waals surface area contributed by atoms with E-state index < -0.39 is 10.0 Å². The van der Waals surface area contributed by atoms with E-state index >= 15 is 0 Å². The number of nitrogens with zero attached hydrogens (tertiary/aromatic N) is 1. The van der Waals surface area contributed by atoms with Crippen molar-refractivity contribution in [1.82, 2.24) is 20.0 Å². The number of fused-ring (bicyclic) bond motifs is 1. The first-order valence-electron chi connectivity index (χ1n) is 6.29. The SMILES string of the molecule is O=S(=O)(NCC1CCNC1)c1c[nH]c2ncccc12. The summed E-state index contributed by atoms with van der Waals surface area (Å²) in [7, 11) is -3.48. The molecule has 1 saturated heterocycles. The van der Waals surface area contributed by atoms with E-state index in [0.717, 1.165) is 19.5 Å². The van der Waals surface area contributed by atoms with Gasteiger partial charge in [0.25, 0.3) is 0 Å². The number of sulfonamides is 1. The Morgan fingerprint density at radius 3 is 3.16 bits per heavy atom. The van der Waals surface area contributed by atoms with Crippen LogP contribution in [0.4, 0.5) is 0 Å². The average molecular weight is 280 g/mol. The number of H-pyrrole nitrogens is 1. The van der Waals surface area contributed by atoms with Crippen molar-refractivity contribution in [3.8, 4) is 0 Å². The molecule has 0 radical (unpaired) electrons. The minimum Gasteiger partial charge on any atom is -0.345 e. The first-order valence-corrected chi connectivity index (χ1v) is 7.77. The van der Waals surface area contributed by atoms with Gasteiger partial charge in [-0.05, 0) is 37.6 Å². The highest BCUT2D eigenvalue weighted by Gasteiger charge is 2.22. The first kappa shape index (κ1) is 12.6. The van der Waals surface area contributed by atoms with Crippen LogP contribution in [-0.4, -0.2) is 38.0 Å². The summed E-state index contributed by atoms with van der Waals surface area (Å²) in [5.74, 6) is 0.373. The molecule has 1 unspecified atom stereocenters. The Balaban J connectivity index is 1.83. The second-order valence-corrected chi connectivity index (χ2v) is 6.50. The second-order valence-electron chi connectivity index (χ2n) is 4.76. The highest BCUT2D eigenvalue weighted by molar-refractivity contribution is 7.89. The smallest absolute Gasteiger partial charge is 0.242 e. The Hall–Kier alpha value is -1.44. The van der Waals surface area contributed by atoms with Crippen molar-refractivity contribution >= 4 is 21.1 Å². The lowest BCUT2D eigenvalue weighted by Crippen LogP contribution is -2.30. The van der Waals surface area contributed by atoms with Gasteiger partial charge in [0.15, 0.2) is 0 Å². The lowest BCUT2D eigenvalue weighted by molar-refractivity contribution is 0.539. The molecule has 0 saturated carbocycles. The van der Waals surface area contributed by atoms with Crippen molar-refractivity contribution in [2.24, 2.45) is 5.92 Å². The number of hydrogen-bond acceptors (Lipinski definition) is 4. The molecule has 1 atom stereocenters. The largest absolute Gasteiger partial charge is 0.345 e. The summed E-state index contributed by atoms with van der Waals surface area (Å²) in [5, 5.41) is 3.85. The third-order valence-electron chi connectivity index (χ3n) is 3.43. The van der Waals surface area contributed by atoms with Crippen molar-refractivity contribution in [2.75, 3.05) is 19.6 Å². The fourth-order valence-corrected chi connectivity index (χ4v) is 3.63. The molecule has 1 aliphatic rings. The summed E-state index contributed by atoms with van der Waals surface area (Å²) < 4.78 is 27.2. The van der Waals surface area contributed by atoms with Gasteiger partial charge in [-0.2, -0.15) is 0 Å². The van der Waals surface area contributed by atoms with E-state index in [4.69, 9.17) is 0 Å². The number of rotatable bonds is 4. The quantitative estimate of drug-likeness (QED) is 0.759. The molecule has 1 aliphatic heterocycles. The van der Waals surface area contributed by atoms with Crippen molar-refractivity contribution in [3.63, 3.8) is 0 Å². The zero-order valence-electron chi connectivity index (χ0n) is 10.4. The van der Waals surface area contributed by atoms with Gasteiger partial charge in [-0.3, -0.25) is 0 Å². The van der Waals surface area contributed by atoms with Gasteiger partial charge in [0.05, 0.1) is 0 Å². The number of aromatic nitrogens is 2. The maximum Gasteiger partial charge on any atom is 0.242 e. The Morgan fingerprint density at radius 1 is 1.47 bits per heavy atom. The second kappa shape index (κ2) is 4.92. The summed E-state index contributed by atoms with van der Waals surface area (Å²) in [4.78, 5) is 7.24. The molecule has 102 valence electrons. The van der Waals surface area contributed by atoms with Gasteiger partial charge in [0.1, 0.15) is 10.5 Å². The summed E-state index contributed by atoms with van der Waals surface area (Å²) in [6.07, 6.45) is 4.14. The molecular weight excluding hydrogens is 264 g/mol. The van der Waals surface area contributed by atoms with E-state index in [2.05, 4.69) is 20.0 Å². The summed E-state index contributed by atoms with van der Waals surface area (Å²) in [6.45, 7) is 2.31. The summed E-state index contributed by atoms with van der Waals surface area (Å²) >= 11 is 0. The van der Waals surface area contributed by atoms with Crippen LogP contribution in [0.25, 0.3) is 11.0 Å². The van der Waals surface area contributed by atoms with E-state index in [1.54, 1.807) is 18.3 Å². The molecule has 2 aromatic rings. The van der Waals surface area contributed by atoms with Crippen LogP contribution in [0.5, 0.6) is 0 Å². The number of pyridine rings is 1. The molecule has 3 heterocycles. The van der Waals surface area contributed by atoms with Crippen molar-refractivity contribution in [2.45, 2.75) is 11.3 Å². The van der Waals surface area contributed by atoms with Crippen LogP contribution >= 0.6 is 0 Å². The van der Waals surface area contributed by atoms with Crippen LogP contribution in [0.1, 0.15) is 6.42 Å². The van der Waals surface area contributed by atoms with Crippen LogP contribution in [0.3, 0.4) is 0 Å². The minimum atomic E-state index is -3.48. The third kappa shape index (κ3) is 2.49. The molecule has 7 heteroatoms. The normalized spacial score (nSPS) is 20.1. The van der Waals surface area contributed by atoms with Gasteiger partial charge in [0.2, 0.25) is 10.0 Å². The van der Waals surface area contributed by atoms with E-state index in [-0.39, 0.29) is 4.90 Å². The van der Waals surface area contributed by atoms with Crippen LogP contribution in [0, 0.1) is 5.92 Å². The van der Waals surface area contributed by atoms with Gasteiger partial charge >= 0.3 is 0 Å². The molecule has 0 spiro atoms. The highest BCUT2D eigenvalue weighted by atomic mass is 32.2. The summed E-state index contributed by atoms with van der Waals surface area (Å²) in [5.41, 5.74) is 0.588. The van der Waals surface area contributed by atoms with E-state index in [0.29, 0.717) is 23.5 Å². The maximum absolute atomic E-state index is 12.3. The minimum absolute atomic E-state index is 0.265. The summed E-state index contributed by atoms with van der Waals surface area (Å²) in [6, 6.07) is 3.49. The van der Waals surface area contributed by atoms with Gasteiger partial charge in [0, 0.05) is 24.3 Å². The van der Waals surface area contributed by atoms with Crippen molar-refractivity contribution < 1.29 is 8.42 Å². The predicted octanol–water partition coefficient (Wildman–Crippen LogP) is 0.451. The number of aromatic amines is 1. The van der Waals surface area contributed by atoms with Gasteiger partial charge in [-0.1, -0.05) is 0 Å². The number of nitrogens with one attached hydrogen (secondary N) is 3. The zero-order valence-corrected chi connectivity index (χ0v) is 11.2. The monoisotopic (exact) mass is 280 g/mol. The van der Waals surface area contributed by atoms with Crippen LogP contribution in [0.15, 0.2) is 29.4 Å². The van der Waals surface area contributed by atoms with E-state index in [9.17, 15) is 8.42 Å². The van der Waals surface area contributed by atoms with Crippen molar-refractivity contribution in [1.29, 1.82) is 0 Å². The molecule has 0 aliphatic carbocycles. The van der Waals surface area contributed by atoms with Crippen LogP contribution in [0.2, 0.25) is 0 Å². The molecule has 0 bridgehead atoms. The topological polar surface area (TPSA) is 86.9 Å². The lowest BCUT2D eigenvalue weighted by Gasteiger charge is -2.10. The highest BCUT2D eigenvalue weighted by Crippen LogP contribution is 2.20. The first-order chi connectivity index (χ1) is 9.17. The van der Waals surface area contributed by atoms with Gasteiger partial charge < -0.3 is 10.3 Å². The molecule has 0 amide bonds. The Bertz CT molecular complexity index is 674. The van der Waals surface area contributed by atoms with Crippen LogP contribution < -0.4 is 10.0 Å². The molecule has 3 N–H and O–H groups in total. The van der Waals surface area contributed by atoms with Crippen molar-refractivity contribution in [3.05, 3.63) is 24.5 Å². The van der Waals surface area contributed by atoms with Gasteiger partial charge in [-0.25, -0.2) is 18.1 Å².